The van der Waals surface area contributed by atoms with Gasteiger partial charge in [-0.2, -0.15) is 8.42 Å². The Morgan fingerprint density at radius 2 is 1.75 bits per heavy atom. The van der Waals surface area contributed by atoms with Crippen LogP contribution in [-0.2, 0) is 36.3 Å². The largest absolute Gasteiger partial charge is 0.484 e. The van der Waals surface area contributed by atoms with Crippen molar-refractivity contribution >= 4 is 16.1 Å². The number of ether oxygens (including phenoxy) is 2. The fourth-order valence-corrected chi connectivity index (χ4v) is 4.00. The number of fused-ring (bicyclic) bond motifs is 1. The Bertz CT molecular complexity index is 887. The van der Waals surface area contributed by atoms with E-state index in [-0.39, 0.29) is 23.4 Å². The summed E-state index contributed by atoms with van der Waals surface area (Å²) >= 11 is 0. The second-order valence-electron chi connectivity index (χ2n) is 9.89. The molecule has 1 aliphatic rings. The lowest BCUT2D eigenvalue weighted by molar-refractivity contribution is -0.132. The smallest absolute Gasteiger partial charge is 0.308 e. The van der Waals surface area contributed by atoms with Gasteiger partial charge in [-0.1, -0.05) is 41.5 Å². The fraction of sp³-hybridized carbons (Fsp3) is 0.667. The fourth-order valence-electron chi connectivity index (χ4n) is 3.53. The minimum atomic E-state index is -3.58. The first-order valence-electron chi connectivity index (χ1n) is 9.36. The molecule has 0 saturated carbocycles. The predicted molar refractivity (Wildman–Crippen MR) is 109 cm³/mol. The van der Waals surface area contributed by atoms with E-state index in [4.69, 9.17) is 13.7 Å². The minimum absolute atomic E-state index is 0.0855. The zero-order valence-corrected chi connectivity index (χ0v) is 19.2. The maximum Gasteiger partial charge on any atom is 0.308 e. The quantitative estimate of drug-likeness (QED) is 0.424. The average Bonchev–Trinajstić information content (AvgIpc) is 2.77. The second kappa shape index (κ2) is 7.02. The summed E-state index contributed by atoms with van der Waals surface area (Å²) in [6.45, 7) is 15.5. The molecule has 28 heavy (non-hydrogen) atoms. The monoisotopic (exact) mass is 412 g/mol. The Morgan fingerprint density at radius 3 is 2.18 bits per heavy atom. The topological polar surface area (TPSA) is 78.9 Å². The molecule has 1 aromatic rings. The van der Waals surface area contributed by atoms with Gasteiger partial charge in [0, 0.05) is 30.0 Å². The first-order valence-corrected chi connectivity index (χ1v) is 11.2. The molecule has 158 valence electrons. The Balaban J connectivity index is 2.68. The van der Waals surface area contributed by atoms with Crippen molar-refractivity contribution in [1.29, 1.82) is 0 Å². The Morgan fingerprint density at radius 1 is 1.18 bits per heavy atom. The number of benzene rings is 1. The number of carbonyl (C=O) groups is 1. The molecule has 0 radical (unpaired) electrons. The summed E-state index contributed by atoms with van der Waals surface area (Å²) < 4.78 is 39.8. The number of hydrogen-bond acceptors (Lipinski definition) is 6. The summed E-state index contributed by atoms with van der Waals surface area (Å²) in [4.78, 5) is 11.9. The molecule has 1 unspecified atom stereocenters. The highest BCUT2D eigenvalue weighted by Gasteiger charge is 2.42. The molecule has 1 heterocycles. The average molecular weight is 413 g/mol. The van der Waals surface area contributed by atoms with Crippen LogP contribution in [0.3, 0.4) is 0 Å². The number of hydrogen-bond donors (Lipinski definition) is 0. The molecule has 1 aliphatic heterocycles. The summed E-state index contributed by atoms with van der Waals surface area (Å²) in [5.74, 6) is 0.881. The molecule has 0 aliphatic carbocycles. The van der Waals surface area contributed by atoms with Crippen molar-refractivity contribution in [1.82, 2.24) is 0 Å². The highest BCUT2D eigenvalue weighted by atomic mass is 32.2. The van der Waals surface area contributed by atoms with Crippen molar-refractivity contribution < 1.29 is 26.9 Å². The molecule has 1 aromatic carbocycles. The Hall–Kier alpha value is -1.60. The third-order valence-corrected chi connectivity index (χ3v) is 5.18. The van der Waals surface area contributed by atoms with Crippen molar-refractivity contribution in [2.24, 2.45) is 0 Å². The van der Waals surface area contributed by atoms with Gasteiger partial charge in [0.15, 0.2) is 0 Å². The lowest BCUT2D eigenvalue weighted by atomic mass is 9.76. The van der Waals surface area contributed by atoms with E-state index in [1.807, 2.05) is 13.0 Å². The van der Waals surface area contributed by atoms with Gasteiger partial charge in [0.05, 0.1) is 6.26 Å². The van der Waals surface area contributed by atoms with E-state index in [2.05, 4.69) is 41.5 Å². The van der Waals surface area contributed by atoms with Crippen LogP contribution in [-0.4, -0.2) is 32.9 Å². The van der Waals surface area contributed by atoms with Crippen LogP contribution in [0.5, 0.6) is 11.5 Å². The van der Waals surface area contributed by atoms with Gasteiger partial charge < -0.3 is 9.47 Å². The van der Waals surface area contributed by atoms with Crippen LogP contribution in [0.25, 0.3) is 0 Å². The van der Waals surface area contributed by atoms with E-state index >= 15 is 0 Å². The van der Waals surface area contributed by atoms with Crippen molar-refractivity contribution in [2.45, 2.75) is 78.2 Å². The van der Waals surface area contributed by atoms with Crippen LogP contribution < -0.4 is 9.47 Å². The van der Waals surface area contributed by atoms with Crippen LogP contribution in [0.2, 0.25) is 0 Å². The molecule has 7 heteroatoms. The maximum absolute atomic E-state index is 11.9. The van der Waals surface area contributed by atoms with Gasteiger partial charge in [0.25, 0.3) is 10.1 Å². The highest BCUT2D eigenvalue weighted by Crippen LogP contribution is 2.50. The summed E-state index contributed by atoms with van der Waals surface area (Å²) in [6.07, 6.45) is 1.48. The van der Waals surface area contributed by atoms with Gasteiger partial charge >= 0.3 is 5.97 Å². The summed E-state index contributed by atoms with van der Waals surface area (Å²) in [5.41, 5.74) is 1.28. The van der Waals surface area contributed by atoms with Crippen LogP contribution in [0.1, 0.15) is 72.1 Å². The van der Waals surface area contributed by atoms with Crippen LogP contribution in [0.15, 0.2) is 6.07 Å². The molecule has 6 nitrogen and oxygen atoms in total. The molecule has 1 atom stereocenters. The van der Waals surface area contributed by atoms with E-state index in [1.54, 1.807) is 0 Å². The molecule has 2 rings (SSSR count). The zero-order chi connectivity index (χ0) is 21.7. The lowest BCUT2D eigenvalue weighted by Gasteiger charge is -2.30. The number of rotatable bonds is 4. The van der Waals surface area contributed by atoms with Gasteiger partial charge in [-0.3, -0.25) is 8.98 Å². The molecule has 0 aromatic heterocycles. The van der Waals surface area contributed by atoms with Crippen molar-refractivity contribution in [3.63, 3.8) is 0 Å². The standard InChI is InChI=1S/C21H32O6S/c1-13(22)26-18-15(19(2,3)4)10-16-14(17(18)20(5,6)7)11-21(8,27-16)12-25-28(9,23)24/h10H,11-12H2,1-9H3. The van der Waals surface area contributed by atoms with Crippen LogP contribution >= 0.6 is 0 Å². The third kappa shape index (κ3) is 5.06. The molecule has 0 spiro atoms. The summed E-state index contributed by atoms with van der Waals surface area (Å²) in [6, 6.07) is 1.91. The first kappa shape index (κ1) is 22.7. The Labute approximate surface area is 168 Å². The van der Waals surface area contributed by atoms with Gasteiger partial charge in [-0.15, -0.1) is 0 Å². The zero-order valence-electron chi connectivity index (χ0n) is 18.3. The van der Waals surface area contributed by atoms with E-state index < -0.39 is 15.7 Å². The molecular formula is C21H32O6S. The van der Waals surface area contributed by atoms with Gasteiger partial charge in [0.2, 0.25) is 0 Å². The van der Waals surface area contributed by atoms with E-state index in [0.29, 0.717) is 17.9 Å². The number of esters is 1. The van der Waals surface area contributed by atoms with Crippen LogP contribution in [0, 0.1) is 0 Å². The van der Waals surface area contributed by atoms with E-state index in [0.717, 1.165) is 22.9 Å². The van der Waals surface area contributed by atoms with Crippen LogP contribution in [0.4, 0.5) is 0 Å². The summed E-state index contributed by atoms with van der Waals surface area (Å²) in [5, 5.41) is 0. The third-order valence-electron chi connectivity index (χ3n) is 4.64. The second-order valence-corrected chi connectivity index (χ2v) is 11.5. The summed E-state index contributed by atoms with van der Waals surface area (Å²) in [7, 11) is -3.58. The van der Waals surface area contributed by atoms with Gasteiger partial charge in [0.1, 0.15) is 23.7 Å². The number of carbonyl (C=O) groups excluding carboxylic acids is 1. The van der Waals surface area contributed by atoms with Gasteiger partial charge in [-0.25, -0.2) is 0 Å². The molecule has 0 fully saturated rings. The van der Waals surface area contributed by atoms with E-state index in [1.165, 1.54) is 6.92 Å². The van der Waals surface area contributed by atoms with Crippen molar-refractivity contribution in [3.05, 3.63) is 22.8 Å². The predicted octanol–water partition coefficient (Wildman–Crippen LogP) is 3.88. The first-order chi connectivity index (χ1) is 12.4. The normalized spacial score (nSPS) is 19.9. The van der Waals surface area contributed by atoms with Crippen molar-refractivity contribution in [3.8, 4) is 11.5 Å². The maximum atomic E-state index is 11.9. The molecule has 0 amide bonds. The molecule has 0 N–H and O–H groups in total. The Kier molecular flexibility index (Phi) is 5.69. The molecule has 0 bridgehead atoms. The van der Waals surface area contributed by atoms with E-state index in [9.17, 15) is 13.2 Å². The lowest BCUT2D eigenvalue weighted by Crippen LogP contribution is -2.37. The molecule has 0 saturated heterocycles. The SMILES string of the molecule is CC(=O)Oc1c(C(C)(C)C)cc2c(c1C(C)(C)C)CC(C)(COS(C)(=O)=O)O2. The van der Waals surface area contributed by atoms with Gasteiger partial charge in [-0.05, 0) is 23.8 Å². The highest BCUT2D eigenvalue weighted by molar-refractivity contribution is 7.85. The molecular weight excluding hydrogens is 380 g/mol. The minimum Gasteiger partial charge on any atom is -0.484 e. The van der Waals surface area contributed by atoms with Crippen molar-refractivity contribution in [2.75, 3.05) is 12.9 Å².